The molecule has 0 aliphatic rings. The Morgan fingerprint density at radius 1 is 1.40 bits per heavy atom. The third kappa shape index (κ3) is 6.24. The predicted molar refractivity (Wildman–Crippen MR) is 44.0 cm³/mol. The Morgan fingerprint density at radius 2 is 2.00 bits per heavy atom. The molecule has 0 aromatic heterocycles. The van der Waals surface area contributed by atoms with Gasteiger partial charge in [0.05, 0.1) is 0 Å². The van der Waals surface area contributed by atoms with Crippen LogP contribution in [0.5, 0.6) is 0 Å². The maximum atomic E-state index is 5.41. The summed E-state index contributed by atoms with van der Waals surface area (Å²) in [5.74, 6) is 0.761. The van der Waals surface area contributed by atoms with E-state index in [0.717, 1.165) is 35.5 Å². The van der Waals surface area contributed by atoms with Crippen LogP contribution >= 0.6 is 0 Å². The van der Waals surface area contributed by atoms with Crippen LogP contribution in [0.3, 0.4) is 0 Å². The molecular formula is C6H14O2Sn2. The van der Waals surface area contributed by atoms with Crippen LogP contribution in [0.4, 0.5) is 0 Å². The zero-order valence-corrected chi connectivity index (χ0v) is 12.7. The first-order chi connectivity index (χ1) is 4.85. The van der Waals surface area contributed by atoms with Gasteiger partial charge < -0.3 is 0 Å². The molecule has 0 N–H and O–H groups in total. The van der Waals surface area contributed by atoms with Crippen molar-refractivity contribution in [1.82, 2.24) is 0 Å². The summed E-state index contributed by atoms with van der Waals surface area (Å²) in [5, 5.41) is 0. The molecule has 0 saturated carbocycles. The SMILES string of the molecule is CCC(CC)C[O][Sn][O][SnH]. The third-order valence-electron chi connectivity index (χ3n) is 1.58. The van der Waals surface area contributed by atoms with Crippen molar-refractivity contribution in [2.24, 2.45) is 5.92 Å². The molecule has 0 unspecified atom stereocenters. The molecule has 0 aliphatic heterocycles. The van der Waals surface area contributed by atoms with Gasteiger partial charge >= 0.3 is 88.6 Å². The van der Waals surface area contributed by atoms with Gasteiger partial charge in [0, 0.05) is 0 Å². The molecule has 0 bridgehead atoms. The van der Waals surface area contributed by atoms with Crippen molar-refractivity contribution in [3.8, 4) is 0 Å². The molecular weight excluding hydrogens is 341 g/mol. The summed E-state index contributed by atoms with van der Waals surface area (Å²) in [7, 11) is 0. The Kier molecular flexibility index (Phi) is 9.92. The van der Waals surface area contributed by atoms with E-state index in [-0.39, 0.29) is 0 Å². The van der Waals surface area contributed by atoms with Gasteiger partial charge in [-0.2, -0.15) is 0 Å². The second-order valence-electron chi connectivity index (χ2n) is 2.19. The average molecular weight is 356 g/mol. The predicted octanol–water partition coefficient (Wildman–Crippen LogP) is 0.806. The van der Waals surface area contributed by atoms with Crippen LogP contribution in [0.2, 0.25) is 0 Å². The third-order valence-corrected chi connectivity index (χ3v) is 4.51. The van der Waals surface area contributed by atoms with Crippen LogP contribution in [0.25, 0.3) is 0 Å². The molecule has 4 radical (unpaired) electrons. The first-order valence-electron chi connectivity index (χ1n) is 3.57. The van der Waals surface area contributed by atoms with Gasteiger partial charge in [-0.1, -0.05) is 0 Å². The summed E-state index contributed by atoms with van der Waals surface area (Å²) in [4.78, 5) is 0. The summed E-state index contributed by atoms with van der Waals surface area (Å²) in [6.07, 6.45) is 2.46. The van der Waals surface area contributed by atoms with E-state index in [0.29, 0.717) is 0 Å². The van der Waals surface area contributed by atoms with Gasteiger partial charge in [-0.3, -0.25) is 0 Å². The summed E-state index contributed by atoms with van der Waals surface area (Å²) in [5.41, 5.74) is 0. The molecule has 0 spiro atoms. The zero-order valence-electron chi connectivity index (χ0n) is 6.59. The van der Waals surface area contributed by atoms with Crippen molar-refractivity contribution in [3.05, 3.63) is 0 Å². The fraction of sp³-hybridized carbons (Fsp3) is 1.00. The standard InChI is InChI=1S/C6H13O.O.2Sn.H/c1-3-6(4-2)5-7;;;;/h6H,3-5H2,1-2H3;;;;/q-1;;;+1;. The van der Waals surface area contributed by atoms with E-state index < -0.39 is 22.0 Å². The summed E-state index contributed by atoms with van der Waals surface area (Å²) < 4.78 is 10.5. The van der Waals surface area contributed by atoms with Crippen LogP contribution in [0.15, 0.2) is 0 Å². The van der Waals surface area contributed by atoms with Crippen molar-refractivity contribution < 1.29 is 4.49 Å². The Labute approximate surface area is 88.0 Å². The van der Waals surface area contributed by atoms with Crippen molar-refractivity contribution in [1.29, 1.82) is 0 Å². The number of rotatable bonds is 6. The van der Waals surface area contributed by atoms with E-state index in [1.54, 1.807) is 0 Å². The maximum absolute atomic E-state index is 5.41. The molecule has 0 amide bonds. The topological polar surface area (TPSA) is 18.5 Å². The van der Waals surface area contributed by atoms with Crippen molar-refractivity contribution in [2.75, 3.05) is 6.61 Å². The van der Waals surface area contributed by atoms with Gasteiger partial charge in [0.25, 0.3) is 0 Å². The number of hydrogen-bond donors (Lipinski definition) is 0. The molecule has 0 aliphatic carbocycles. The first-order valence-corrected chi connectivity index (χ1v) is 7.25. The minimum absolute atomic E-state index is 0.761. The molecule has 0 aromatic carbocycles. The molecule has 58 valence electrons. The van der Waals surface area contributed by atoms with Crippen LogP contribution in [-0.4, -0.2) is 51.5 Å². The fourth-order valence-electron chi connectivity index (χ4n) is 0.710. The van der Waals surface area contributed by atoms with Crippen LogP contribution < -0.4 is 0 Å². The van der Waals surface area contributed by atoms with E-state index in [1.807, 2.05) is 0 Å². The minimum atomic E-state index is -0.821. The Bertz CT molecular complexity index is 66.8. The normalized spacial score (nSPS) is 10.8. The molecule has 10 heavy (non-hydrogen) atoms. The van der Waals surface area contributed by atoms with Crippen LogP contribution in [-0.2, 0) is 4.49 Å². The molecule has 0 fully saturated rings. The van der Waals surface area contributed by atoms with Gasteiger partial charge in [-0.15, -0.1) is 0 Å². The Morgan fingerprint density at radius 3 is 2.40 bits per heavy atom. The van der Waals surface area contributed by atoms with Gasteiger partial charge in [-0.05, 0) is 0 Å². The molecule has 0 heterocycles. The van der Waals surface area contributed by atoms with E-state index in [1.165, 1.54) is 12.8 Å². The quantitative estimate of drug-likeness (QED) is 0.518. The Hall–Kier alpha value is 1.52. The molecule has 0 rings (SSSR count). The van der Waals surface area contributed by atoms with Crippen molar-refractivity contribution in [2.45, 2.75) is 26.7 Å². The fourth-order valence-corrected chi connectivity index (χ4v) is 3.07. The van der Waals surface area contributed by atoms with Gasteiger partial charge in [0.1, 0.15) is 0 Å². The molecule has 0 atom stereocenters. The summed E-state index contributed by atoms with van der Waals surface area (Å²) in [6.45, 7) is 5.35. The second-order valence-corrected chi connectivity index (χ2v) is 8.68. The van der Waals surface area contributed by atoms with E-state index in [4.69, 9.17) is 4.49 Å². The second kappa shape index (κ2) is 8.61. The number of hydrogen-bond acceptors (Lipinski definition) is 2. The molecule has 2 nitrogen and oxygen atoms in total. The zero-order chi connectivity index (χ0) is 7.82. The van der Waals surface area contributed by atoms with Gasteiger partial charge in [0.15, 0.2) is 0 Å². The van der Waals surface area contributed by atoms with E-state index in [9.17, 15) is 0 Å². The van der Waals surface area contributed by atoms with Crippen LogP contribution in [0.1, 0.15) is 26.7 Å². The average Bonchev–Trinajstić information content (AvgIpc) is 1.99. The molecule has 4 heteroatoms. The molecule has 0 saturated heterocycles. The Balaban J connectivity index is 3.09. The van der Waals surface area contributed by atoms with Gasteiger partial charge in [0.2, 0.25) is 0 Å². The van der Waals surface area contributed by atoms with E-state index >= 15 is 0 Å². The monoisotopic (exact) mass is 358 g/mol. The first kappa shape index (κ1) is 11.5. The van der Waals surface area contributed by atoms with Crippen LogP contribution in [0, 0.1) is 5.92 Å². The van der Waals surface area contributed by atoms with Crippen molar-refractivity contribution >= 4 is 44.9 Å². The summed E-state index contributed by atoms with van der Waals surface area (Å²) >= 11 is 0.0874. The summed E-state index contributed by atoms with van der Waals surface area (Å²) in [6, 6.07) is 0. The van der Waals surface area contributed by atoms with Gasteiger partial charge in [-0.25, -0.2) is 0 Å². The van der Waals surface area contributed by atoms with E-state index in [2.05, 4.69) is 13.8 Å². The molecule has 0 aromatic rings. The van der Waals surface area contributed by atoms with Crippen molar-refractivity contribution in [3.63, 3.8) is 0 Å².